The van der Waals surface area contributed by atoms with E-state index in [0.29, 0.717) is 0 Å². The number of aryl methyl sites for hydroxylation is 3. The Morgan fingerprint density at radius 1 is 1.00 bits per heavy atom. The second-order valence-electron chi connectivity index (χ2n) is 5.55. The van der Waals surface area contributed by atoms with Gasteiger partial charge in [0.1, 0.15) is 0 Å². The van der Waals surface area contributed by atoms with Crippen molar-refractivity contribution in [3.63, 3.8) is 0 Å². The van der Waals surface area contributed by atoms with Crippen molar-refractivity contribution in [2.24, 2.45) is 4.99 Å². The molecule has 0 spiro atoms. The molecule has 1 heteroatoms. The van der Waals surface area contributed by atoms with E-state index in [-0.39, 0.29) is 0 Å². The van der Waals surface area contributed by atoms with Crippen LogP contribution in [-0.4, -0.2) is 13.3 Å². The quantitative estimate of drug-likeness (QED) is 0.702. The van der Waals surface area contributed by atoms with Crippen LogP contribution in [0, 0.1) is 20.8 Å². The van der Waals surface area contributed by atoms with Gasteiger partial charge in [-0.05, 0) is 49.5 Å². The molecule has 0 fully saturated rings. The van der Waals surface area contributed by atoms with Crippen molar-refractivity contribution in [2.75, 3.05) is 7.05 Å². The molecule has 0 aliphatic rings. The smallest absolute Gasteiger partial charge is 0.0284 e. The van der Waals surface area contributed by atoms with Crippen molar-refractivity contribution in [3.8, 4) is 0 Å². The Morgan fingerprint density at radius 2 is 1.67 bits per heavy atom. The minimum atomic E-state index is 0.932. The number of allylic oxidation sites excluding steroid dienone is 2. The SMILES string of the molecule is CN=C/C(=C\Cc1ccccc1C)c1cc(C)cc(C)c1. The van der Waals surface area contributed by atoms with Crippen molar-refractivity contribution in [1.29, 1.82) is 0 Å². The normalized spacial score (nSPS) is 12.1. The summed E-state index contributed by atoms with van der Waals surface area (Å²) in [5, 5.41) is 0. The lowest BCUT2D eigenvalue weighted by molar-refractivity contribution is 1.22. The molecule has 0 unspecified atom stereocenters. The van der Waals surface area contributed by atoms with E-state index in [0.717, 1.165) is 6.42 Å². The Bertz CT molecular complexity index is 658. The molecule has 2 aromatic carbocycles. The molecule has 0 saturated heterocycles. The predicted molar refractivity (Wildman–Crippen MR) is 93.2 cm³/mol. The Balaban J connectivity index is 2.34. The Morgan fingerprint density at radius 3 is 2.29 bits per heavy atom. The second kappa shape index (κ2) is 7.03. The van der Waals surface area contributed by atoms with Crippen molar-refractivity contribution >= 4 is 11.8 Å². The van der Waals surface area contributed by atoms with Crippen LogP contribution in [0.25, 0.3) is 5.57 Å². The number of nitrogens with zero attached hydrogens (tertiary/aromatic N) is 1. The average molecular weight is 277 g/mol. The highest BCUT2D eigenvalue weighted by atomic mass is 14.6. The summed E-state index contributed by atoms with van der Waals surface area (Å²) in [7, 11) is 1.82. The van der Waals surface area contributed by atoms with Crippen LogP contribution in [0.3, 0.4) is 0 Å². The highest BCUT2D eigenvalue weighted by Crippen LogP contribution is 2.18. The number of aliphatic imine (C=N–C) groups is 1. The molecule has 0 aliphatic carbocycles. The minimum absolute atomic E-state index is 0.932. The topological polar surface area (TPSA) is 12.4 Å². The predicted octanol–water partition coefficient (Wildman–Crippen LogP) is 4.94. The van der Waals surface area contributed by atoms with Gasteiger partial charge in [0.2, 0.25) is 0 Å². The number of hydrogen-bond acceptors (Lipinski definition) is 1. The lowest BCUT2D eigenvalue weighted by Crippen LogP contribution is -1.92. The molecule has 2 aromatic rings. The van der Waals surface area contributed by atoms with Crippen molar-refractivity contribution in [1.82, 2.24) is 0 Å². The van der Waals surface area contributed by atoms with E-state index in [1.165, 1.54) is 33.4 Å². The summed E-state index contributed by atoms with van der Waals surface area (Å²) in [4.78, 5) is 4.21. The fourth-order valence-corrected chi connectivity index (χ4v) is 2.58. The van der Waals surface area contributed by atoms with Gasteiger partial charge in [0.05, 0.1) is 0 Å². The summed E-state index contributed by atoms with van der Waals surface area (Å²) < 4.78 is 0. The molecule has 0 saturated carbocycles. The van der Waals surface area contributed by atoms with Crippen LogP contribution in [-0.2, 0) is 6.42 Å². The molecule has 0 atom stereocenters. The summed E-state index contributed by atoms with van der Waals surface area (Å²) in [5.41, 5.74) is 7.71. The molecule has 0 heterocycles. The molecule has 0 bridgehead atoms. The van der Waals surface area contributed by atoms with E-state index < -0.39 is 0 Å². The van der Waals surface area contributed by atoms with Gasteiger partial charge in [-0.2, -0.15) is 0 Å². The second-order valence-corrected chi connectivity index (χ2v) is 5.55. The van der Waals surface area contributed by atoms with Gasteiger partial charge >= 0.3 is 0 Å². The van der Waals surface area contributed by atoms with Crippen molar-refractivity contribution in [2.45, 2.75) is 27.2 Å². The standard InChI is InChI=1S/C20H23N/c1-15-11-16(2)13-20(12-15)19(14-21-4)10-9-18-8-6-5-7-17(18)3/h5-8,10-14H,9H2,1-4H3/b19-10+,21-14?. The maximum Gasteiger partial charge on any atom is 0.0284 e. The Hall–Kier alpha value is -2.15. The molecular weight excluding hydrogens is 254 g/mol. The molecule has 0 N–H and O–H groups in total. The van der Waals surface area contributed by atoms with E-state index in [1.54, 1.807) is 0 Å². The summed E-state index contributed by atoms with van der Waals surface area (Å²) >= 11 is 0. The monoisotopic (exact) mass is 277 g/mol. The highest BCUT2D eigenvalue weighted by Gasteiger charge is 2.02. The number of rotatable bonds is 4. The Labute approximate surface area is 128 Å². The van der Waals surface area contributed by atoms with Gasteiger partial charge in [-0.15, -0.1) is 0 Å². The van der Waals surface area contributed by atoms with Crippen LogP contribution in [0.15, 0.2) is 53.5 Å². The molecule has 2 rings (SSSR count). The first-order valence-electron chi connectivity index (χ1n) is 7.35. The molecule has 1 nitrogen and oxygen atoms in total. The Kier molecular flexibility index (Phi) is 5.10. The van der Waals surface area contributed by atoms with E-state index in [9.17, 15) is 0 Å². The molecule has 0 radical (unpaired) electrons. The van der Waals surface area contributed by atoms with Gasteiger partial charge in [-0.1, -0.05) is 59.7 Å². The zero-order valence-corrected chi connectivity index (χ0v) is 13.4. The third-order valence-corrected chi connectivity index (χ3v) is 3.63. The van der Waals surface area contributed by atoms with Crippen LogP contribution < -0.4 is 0 Å². The summed E-state index contributed by atoms with van der Waals surface area (Å²) in [5.74, 6) is 0. The largest absolute Gasteiger partial charge is 0.296 e. The highest BCUT2D eigenvalue weighted by molar-refractivity contribution is 6.09. The zero-order valence-electron chi connectivity index (χ0n) is 13.4. The van der Waals surface area contributed by atoms with E-state index >= 15 is 0 Å². The molecule has 0 amide bonds. The van der Waals surface area contributed by atoms with Gasteiger partial charge in [-0.3, -0.25) is 4.99 Å². The van der Waals surface area contributed by atoms with Crippen LogP contribution in [0.4, 0.5) is 0 Å². The molecule has 108 valence electrons. The van der Waals surface area contributed by atoms with E-state index in [4.69, 9.17) is 0 Å². The number of hydrogen-bond donors (Lipinski definition) is 0. The summed E-state index contributed by atoms with van der Waals surface area (Å²) in [6.45, 7) is 6.44. The van der Waals surface area contributed by atoms with Crippen molar-refractivity contribution < 1.29 is 0 Å². The van der Waals surface area contributed by atoms with Crippen LogP contribution in [0.2, 0.25) is 0 Å². The fraction of sp³-hybridized carbons (Fsp3) is 0.250. The van der Waals surface area contributed by atoms with Gasteiger partial charge in [0.15, 0.2) is 0 Å². The van der Waals surface area contributed by atoms with Crippen LogP contribution in [0.5, 0.6) is 0 Å². The van der Waals surface area contributed by atoms with Gasteiger partial charge in [-0.25, -0.2) is 0 Å². The first kappa shape index (κ1) is 15.2. The molecular formula is C20H23N. The first-order valence-corrected chi connectivity index (χ1v) is 7.35. The lowest BCUT2D eigenvalue weighted by Gasteiger charge is -2.07. The minimum Gasteiger partial charge on any atom is -0.296 e. The van der Waals surface area contributed by atoms with Gasteiger partial charge < -0.3 is 0 Å². The van der Waals surface area contributed by atoms with Crippen LogP contribution in [0.1, 0.15) is 27.8 Å². The van der Waals surface area contributed by atoms with Crippen LogP contribution >= 0.6 is 0 Å². The van der Waals surface area contributed by atoms with E-state index in [1.807, 2.05) is 13.3 Å². The summed E-state index contributed by atoms with van der Waals surface area (Å²) in [6.07, 6.45) is 5.15. The molecule has 0 aromatic heterocycles. The van der Waals surface area contributed by atoms with Crippen molar-refractivity contribution in [3.05, 3.63) is 76.4 Å². The average Bonchev–Trinajstić information content (AvgIpc) is 2.44. The van der Waals surface area contributed by atoms with Gasteiger partial charge in [0, 0.05) is 13.3 Å². The van der Waals surface area contributed by atoms with Gasteiger partial charge in [0.25, 0.3) is 0 Å². The fourth-order valence-electron chi connectivity index (χ4n) is 2.58. The first-order chi connectivity index (χ1) is 10.1. The lowest BCUT2D eigenvalue weighted by atomic mass is 9.98. The number of benzene rings is 2. The molecule has 0 aliphatic heterocycles. The molecule has 21 heavy (non-hydrogen) atoms. The maximum atomic E-state index is 4.21. The third kappa shape index (κ3) is 4.16. The maximum absolute atomic E-state index is 4.21. The summed E-state index contributed by atoms with van der Waals surface area (Å²) in [6, 6.07) is 15.2. The zero-order chi connectivity index (χ0) is 15.2. The third-order valence-electron chi connectivity index (χ3n) is 3.63. The van der Waals surface area contributed by atoms with E-state index in [2.05, 4.69) is 74.3 Å².